The highest BCUT2D eigenvalue weighted by atomic mass is 16.6. The molecule has 0 saturated heterocycles. The van der Waals surface area contributed by atoms with Gasteiger partial charge in [-0.2, -0.15) is 0 Å². The van der Waals surface area contributed by atoms with Gasteiger partial charge in [0.05, 0.1) is 11.3 Å². The summed E-state index contributed by atoms with van der Waals surface area (Å²) in [5.74, 6) is -1.41. The van der Waals surface area contributed by atoms with Crippen molar-refractivity contribution in [3.63, 3.8) is 0 Å². The number of aryl methyl sites for hydroxylation is 1. The van der Waals surface area contributed by atoms with Crippen molar-refractivity contribution in [3.8, 4) is 0 Å². The Hall–Kier alpha value is -2.44. The van der Waals surface area contributed by atoms with Crippen molar-refractivity contribution in [2.75, 3.05) is 0 Å². The number of carbonyl (C=O) groups excluding carboxylic acids is 1. The summed E-state index contributed by atoms with van der Waals surface area (Å²) in [6.45, 7) is 3.37. The Morgan fingerprint density at radius 3 is 2.55 bits per heavy atom. The van der Waals surface area contributed by atoms with Gasteiger partial charge < -0.3 is 10.4 Å². The van der Waals surface area contributed by atoms with E-state index in [1.807, 2.05) is 0 Å². The second-order valence-corrected chi connectivity index (χ2v) is 4.43. The number of nitro benzene ring substituents is 1. The maximum Gasteiger partial charge on any atom is 0.305 e. The van der Waals surface area contributed by atoms with Crippen molar-refractivity contribution in [1.29, 1.82) is 0 Å². The lowest BCUT2D eigenvalue weighted by atomic mass is 10.1. The molecular weight excluding hydrogens is 264 g/mol. The van der Waals surface area contributed by atoms with E-state index in [-0.39, 0.29) is 12.1 Å². The minimum Gasteiger partial charge on any atom is -0.481 e. The number of nitro groups is 1. The van der Waals surface area contributed by atoms with E-state index in [9.17, 15) is 19.7 Å². The molecule has 0 aliphatic carbocycles. The topological polar surface area (TPSA) is 110 Å². The van der Waals surface area contributed by atoms with E-state index in [1.165, 1.54) is 18.2 Å². The number of carboxylic acid groups (broad SMARTS) is 1. The molecule has 0 aliphatic rings. The summed E-state index contributed by atoms with van der Waals surface area (Å²) in [5.41, 5.74) is 0.693. The molecule has 0 aliphatic heterocycles. The van der Waals surface area contributed by atoms with Crippen LogP contribution in [0.5, 0.6) is 0 Å². The molecule has 0 heterocycles. The number of hydrogen-bond donors (Lipinski definition) is 2. The molecule has 0 spiro atoms. The molecule has 1 amide bonds. The number of aliphatic carboxylic acids is 1. The van der Waals surface area contributed by atoms with Crippen molar-refractivity contribution in [2.45, 2.75) is 32.7 Å². The lowest BCUT2D eigenvalue weighted by Crippen LogP contribution is -2.36. The molecule has 0 radical (unpaired) electrons. The molecule has 20 heavy (non-hydrogen) atoms. The molecule has 1 unspecified atom stereocenters. The van der Waals surface area contributed by atoms with Gasteiger partial charge in [-0.25, -0.2) is 0 Å². The highest BCUT2D eigenvalue weighted by Crippen LogP contribution is 2.17. The number of benzene rings is 1. The van der Waals surface area contributed by atoms with Gasteiger partial charge in [0.25, 0.3) is 11.6 Å². The van der Waals surface area contributed by atoms with Crippen molar-refractivity contribution in [3.05, 3.63) is 39.4 Å². The van der Waals surface area contributed by atoms with E-state index in [2.05, 4.69) is 5.32 Å². The van der Waals surface area contributed by atoms with E-state index in [1.54, 1.807) is 13.8 Å². The molecule has 7 heteroatoms. The summed E-state index contributed by atoms with van der Waals surface area (Å²) in [5, 5.41) is 22.0. The zero-order valence-corrected chi connectivity index (χ0v) is 11.3. The Balaban J connectivity index is 2.86. The monoisotopic (exact) mass is 280 g/mol. The smallest absolute Gasteiger partial charge is 0.305 e. The van der Waals surface area contributed by atoms with Gasteiger partial charge >= 0.3 is 5.97 Å². The molecular formula is C13H16N2O5. The van der Waals surface area contributed by atoms with Crippen LogP contribution in [-0.4, -0.2) is 27.9 Å². The predicted molar refractivity (Wildman–Crippen MR) is 71.6 cm³/mol. The first kappa shape index (κ1) is 15.6. The molecule has 1 rings (SSSR count). The van der Waals surface area contributed by atoms with Gasteiger partial charge in [-0.05, 0) is 25.0 Å². The molecule has 1 aromatic carbocycles. The van der Waals surface area contributed by atoms with Gasteiger partial charge in [0, 0.05) is 23.7 Å². The molecule has 0 saturated carbocycles. The number of rotatable bonds is 6. The van der Waals surface area contributed by atoms with E-state index in [0.717, 1.165) is 0 Å². The number of nitrogens with one attached hydrogen (secondary N) is 1. The Bertz CT molecular complexity index is 542. The first-order chi connectivity index (χ1) is 9.35. The maximum absolute atomic E-state index is 12.0. The van der Waals surface area contributed by atoms with Crippen molar-refractivity contribution in [1.82, 2.24) is 5.32 Å². The molecule has 108 valence electrons. The summed E-state index contributed by atoms with van der Waals surface area (Å²) in [7, 11) is 0. The van der Waals surface area contributed by atoms with Crippen molar-refractivity contribution in [2.24, 2.45) is 0 Å². The van der Waals surface area contributed by atoms with Gasteiger partial charge in [-0.1, -0.05) is 6.92 Å². The van der Waals surface area contributed by atoms with Crippen LogP contribution in [0, 0.1) is 17.0 Å². The van der Waals surface area contributed by atoms with Crippen LogP contribution < -0.4 is 5.32 Å². The fourth-order valence-electron chi connectivity index (χ4n) is 1.79. The fraction of sp³-hybridized carbons (Fsp3) is 0.385. The van der Waals surface area contributed by atoms with Crippen molar-refractivity contribution < 1.29 is 19.6 Å². The van der Waals surface area contributed by atoms with Crippen molar-refractivity contribution >= 4 is 17.6 Å². The first-order valence-electron chi connectivity index (χ1n) is 6.12. The lowest BCUT2D eigenvalue weighted by molar-refractivity contribution is -0.384. The summed E-state index contributed by atoms with van der Waals surface area (Å²) >= 11 is 0. The summed E-state index contributed by atoms with van der Waals surface area (Å²) in [6, 6.07) is 3.47. The van der Waals surface area contributed by atoms with Gasteiger partial charge in [0.1, 0.15) is 0 Å². The Kier molecular flexibility index (Phi) is 5.19. The summed E-state index contributed by atoms with van der Waals surface area (Å²) in [6.07, 6.45) is 0.332. The van der Waals surface area contributed by atoms with Crippen LogP contribution in [0.15, 0.2) is 18.2 Å². The molecule has 7 nitrogen and oxygen atoms in total. The van der Waals surface area contributed by atoms with Gasteiger partial charge in [-0.3, -0.25) is 19.7 Å². The Morgan fingerprint density at radius 1 is 1.45 bits per heavy atom. The minimum absolute atomic E-state index is 0.0865. The quantitative estimate of drug-likeness (QED) is 0.610. The maximum atomic E-state index is 12.0. The third-order valence-corrected chi connectivity index (χ3v) is 2.91. The average Bonchev–Trinajstić information content (AvgIpc) is 2.36. The average molecular weight is 280 g/mol. The molecule has 0 aromatic heterocycles. The number of amides is 1. The van der Waals surface area contributed by atoms with E-state index < -0.39 is 22.8 Å². The number of carboxylic acids is 1. The normalized spacial score (nSPS) is 11.7. The highest BCUT2D eigenvalue weighted by molar-refractivity contribution is 5.96. The van der Waals surface area contributed by atoms with Crippen LogP contribution in [0.4, 0.5) is 5.69 Å². The van der Waals surface area contributed by atoms with Crippen LogP contribution in [0.2, 0.25) is 0 Å². The number of non-ortho nitro benzene ring substituents is 1. The number of hydrogen-bond acceptors (Lipinski definition) is 4. The van der Waals surface area contributed by atoms with Crippen LogP contribution in [0.3, 0.4) is 0 Å². The second kappa shape index (κ2) is 6.65. The SMILES string of the molecule is CCC(CC(=O)O)NC(=O)c1ccc([N+](=O)[O-])cc1C. The molecule has 1 aromatic rings. The second-order valence-electron chi connectivity index (χ2n) is 4.43. The minimum atomic E-state index is -0.988. The van der Waals surface area contributed by atoms with Gasteiger partial charge in [0.15, 0.2) is 0 Å². The first-order valence-corrected chi connectivity index (χ1v) is 6.12. The third kappa shape index (κ3) is 4.04. The largest absolute Gasteiger partial charge is 0.481 e. The Labute approximate surface area is 115 Å². The molecule has 1 atom stereocenters. The molecule has 2 N–H and O–H groups in total. The highest BCUT2D eigenvalue weighted by Gasteiger charge is 2.18. The van der Waals surface area contributed by atoms with E-state index in [4.69, 9.17) is 5.11 Å². The van der Waals surface area contributed by atoms with E-state index >= 15 is 0 Å². The molecule has 0 fully saturated rings. The van der Waals surface area contributed by atoms with Crippen LogP contribution in [0.25, 0.3) is 0 Å². The van der Waals surface area contributed by atoms with Gasteiger partial charge in [-0.15, -0.1) is 0 Å². The number of nitrogens with zero attached hydrogens (tertiary/aromatic N) is 1. The zero-order valence-electron chi connectivity index (χ0n) is 11.3. The van der Waals surface area contributed by atoms with Crippen LogP contribution >= 0.6 is 0 Å². The zero-order chi connectivity index (χ0) is 15.3. The molecule has 0 bridgehead atoms. The summed E-state index contributed by atoms with van der Waals surface area (Å²) in [4.78, 5) is 32.8. The van der Waals surface area contributed by atoms with Crippen LogP contribution in [-0.2, 0) is 4.79 Å². The number of carbonyl (C=O) groups is 2. The Morgan fingerprint density at radius 2 is 2.10 bits per heavy atom. The third-order valence-electron chi connectivity index (χ3n) is 2.91. The van der Waals surface area contributed by atoms with Gasteiger partial charge in [0.2, 0.25) is 0 Å². The lowest BCUT2D eigenvalue weighted by Gasteiger charge is -2.15. The summed E-state index contributed by atoms with van der Waals surface area (Å²) < 4.78 is 0. The standard InChI is InChI=1S/C13H16N2O5/c1-3-9(7-12(16)17)14-13(18)11-5-4-10(15(19)20)6-8(11)2/h4-6,9H,3,7H2,1-2H3,(H,14,18)(H,16,17). The fourth-order valence-corrected chi connectivity index (χ4v) is 1.79. The predicted octanol–water partition coefficient (Wildman–Crippen LogP) is 1.89. The van der Waals surface area contributed by atoms with E-state index in [0.29, 0.717) is 17.5 Å². The van der Waals surface area contributed by atoms with Crippen LogP contribution in [0.1, 0.15) is 35.7 Å².